The standard InChI is InChI=1S/C30H37N7O11/c31-13-23(39)32-14-24(40)33-15-25(41)34-16-26(42)35-20(10-17-4-2-1-3-5-17)28(45)36-21(12-27(43)44)29(46)37-22(30(47)48)11-18-6-8-19(38)9-7-18/h1-9,20-22,38H,10-16,31H2,(H,32,39)(H,33,40)(H,34,41)(H,35,42)(H,36,45)(H,37,46)(H,43,44)(H,47,48)/t20-,21-,22-/m0/s1. The molecule has 6 amide bonds. The number of rotatable bonds is 19. The maximum Gasteiger partial charge on any atom is 0.326 e. The van der Waals surface area contributed by atoms with Gasteiger partial charge in [0.1, 0.15) is 23.9 Å². The van der Waals surface area contributed by atoms with E-state index in [1.807, 2.05) is 0 Å². The highest BCUT2D eigenvalue weighted by molar-refractivity contribution is 5.96. The zero-order valence-corrected chi connectivity index (χ0v) is 25.6. The Hall–Kier alpha value is -6.04. The van der Waals surface area contributed by atoms with Gasteiger partial charge in [-0.1, -0.05) is 42.5 Å². The Balaban J connectivity index is 2.08. The quantitative estimate of drug-likeness (QED) is 0.0696. The monoisotopic (exact) mass is 671 g/mol. The van der Waals surface area contributed by atoms with Crippen LogP contribution in [0.2, 0.25) is 0 Å². The normalized spacial score (nSPS) is 12.3. The van der Waals surface area contributed by atoms with Crippen LogP contribution in [0.3, 0.4) is 0 Å². The van der Waals surface area contributed by atoms with E-state index in [4.69, 9.17) is 5.73 Å². The second-order valence-electron chi connectivity index (χ2n) is 10.3. The highest BCUT2D eigenvalue weighted by Crippen LogP contribution is 2.12. The van der Waals surface area contributed by atoms with E-state index in [2.05, 4.69) is 31.9 Å². The van der Waals surface area contributed by atoms with Crippen molar-refractivity contribution in [2.75, 3.05) is 26.2 Å². The van der Waals surface area contributed by atoms with E-state index in [-0.39, 0.29) is 25.1 Å². The molecule has 0 aliphatic carbocycles. The molecule has 48 heavy (non-hydrogen) atoms. The van der Waals surface area contributed by atoms with Gasteiger partial charge in [-0.25, -0.2) is 4.79 Å². The van der Waals surface area contributed by atoms with Gasteiger partial charge in [-0.15, -0.1) is 0 Å². The lowest BCUT2D eigenvalue weighted by Crippen LogP contribution is -2.57. The van der Waals surface area contributed by atoms with Gasteiger partial charge in [-0.05, 0) is 23.3 Å². The number of carbonyl (C=O) groups is 8. The number of carbonyl (C=O) groups excluding carboxylic acids is 6. The first kappa shape index (κ1) is 38.1. The topological polar surface area (TPSA) is 295 Å². The summed E-state index contributed by atoms with van der Waals surface area (Å²) in [6, 6.07) is 9.22. The fourth-order valence-electron chi connectivity index (χ4n) is 4.03. The molecular formula is C30H37N7O11. The van der Waals surface area contributed by atoms with E-state index in [0.717, 1.165) is 0 Å². The molecule has 2 rings (SSSR count). The minimum atomic E-state index is -1.75. The molecule has 0 saturated carbocycles. The van der Waals surface area contributed by atoms with Gasteiger partial charge < -0.3 is 53.0 Å². The Morgan fingerprint density at radius 3 is 1.60 bits per heavy atom. The number of phenols is 1. The van der Waals surface area contributed by atoms with Crippen LogP contribution in [0.4, 0.5) is 0 Å². The maximum absolute atomic E-state index is 13.4. The molecule has 0 aliphatic heterocycles. The van der Waals surface area contributed by atoms with Crippen LogP contribution in [0.5, 0.6) is 5.75 Å². The number of carboxylic acids is 2. The number of carboxylic acid groups (broad SMARTS) is 2. The molecule has 0 fully saturated rings. The number of nitrogens with two attached hydrogens (primary N) is 1. The van der Waals surface area contributed by atoms with Gasteiger partial charge in [0.05, 0.1) is 32.6 Å². The smallest absolute Gasteiger partial charge is 0.326 e. The van der Waals surface area contributed by atoms with Crippen LogP contribution in [0.25, 0.3) is 0 Å². The summed E-state index contributed by atoms with van der Waals surface area (Å²) in [5, 5.41) is 42.1. The van der Waals surface area contributed by atoms with Crippen molar-refractivity contribution in [3.05, 3.63) is 65.7 Å². The van der Waals surface area contributed by atoms with Gasteiger partial charge >= 0.3 is 11.9 Å². The first-order valence-electron chi connectivity index (χ1n) is 14.4. The van der Waals surface area contributed by atoms with Crippen molar-refractivity contribution in [1.82, 2.24) is 31.9 Å². The molecule has 258 valence electrons. The van der Waals surface area contributed by atoms with Gasteiger partial charge in [-0.2, -0.15) is 0 Å². The molecule has 2 aromatic rings. The highest BCUT2D eigenvalue weighted by Gasteiger charge is 2.31. The number of phenolic OH excluding ortho intramolecular Hbond substituents is 1. The minimum absolute atomic E-state index is 0.0611. The predicted octanol–water partition coefficient (Wildman–Crippen LogP) is -3.50. The van der Waals surface area contributed by atoms with Crippen LogP contribution in [0.15, 0.2) is 54.6 Å². The first-order valence-corrected chi connectivity index (χ1v) is 14.4. The Morgan fingerprint density at radius 1 is 0.583 bits per heavy atom. The SMILES string of the molecule is NCC(=O)NCC(=O)NCC(=O)NCC(=O)N[C@@H](Cc1ccccc1)C(=O)N[C@@H](CC(=O)O)C(=O)N[C@@H](Cc1ccc(O)cc1)C(=O)O. The Labute approximate surface area is 273 Å². The van der Waals surface area contributed by atoms with E-state index in [9.17, 15) is 53.7 Å². The van der Waals surface area contributed by atoms with Crippen molar-refractivity contribution >= 4 is 47.4 Å². The van der Waals surface area contributed by atoms with E-state index < -0.39 is 91.6 Å². The lowest BCUT2D eigenvalue weighted by Gasteiger charge is -2.24. The molecule has 0 radical (unpaired) electrons. The second-order valence-corrected chi connectivity index (χ2v) is 10.3. The molecule has 18 heteroatoms. The third-order valence-corrected chi connectivity index (χ3v) is 6.46. The third-order valence-electron chi connectivity index (χ3n) is 6.46. The number of hydrogen-bond acceptors (Lipinski definition) is 10. The van der Waals surface area contributed by atoms with Crippen LogP contribution >= 0.6 is 0 Å². The van der Waals surface area contributed by atoms with Crippen LogP contribution < -0.4 is 37.6 Å². The summed E-state index contributed by atoms with van der Waals surface area (Å²) in [5.41, 5.74) is 6.13. The summed E-state index contributed by atoms with van der Waals surface area (Å²) in [7, 11) is 0. The van der Waals surface area contributed by atoms with Crippen molar-refractivity contribution in [3.8, 4) is 5.75 Å². The lowest BCUT2D eigenvalue weighted by atomic mass is 10.0. The summed E-state index contributed by atoms with van der Waals surface area (Å²) in [4.78, 5) is 97.5. The van der Waals surface area contributed by atoms with E-state index in [1.165, 1.54) is 24.3 Å². The van der Waals surface area contributed by atoms with Crippen LogP contribution in [-0.2, 0) is 51.2 Å². The van der Waals surface area contributed by atoms with Crippen LogP contribution in [-0.4, -0.2) is 107 Å². The third kappa shape index (κ3) is 14.4. The molecule has 18 nitrogen and oxygen atoms in total. The van der Waals surface area contributed by atoms with E-state index in [1.54, 1.807) is 30.3 Å². The summed E-state index contributed by atoms with van der Waals surface area (Å²) >= 11 is 0. The molecule has 2 aromatic carbocycles. The second kappa shape index (κ2) is 19.5. The average Bonchev–Trinajstić information content (AvgIpc) is 3.05. The van der Waals surface area contributed by atoms with Crippen molar-refractivity contribution in [1.29, 1.82) is 0 Å². The van der Waals surface area contributed by atoms with Crippen LogP contribution in [0.1, 0.15) is 17.5 Å². The van der Waals surface area contributed by atoms with Crippen molar-refractivity contribution in [3.63, 3.8) is 0 Å². The maximum atomic E-state index is 13.4. The number of benzene rings is 2. The lowest BCUT2D eigenvalue weighted by molar-refractivity contribution is -0.143. The molecular weight excluding hydrogens is 634 g/mol. The van der Waals surface area contributed by atoms with Crippen LogP contribution in [0, 0.1) is 0 Å². The average molecular weight is 672 g/mol. The summed E-state index contributed by atoms with van der Waals surface area (Å²) < 4.78 is 0. The number of nitrogens with one attached hydrogen (secondary N) is 6. The first-order chi connectivity index (χ1) is 22.8. The van der Waals surface area contributed by atoms with Crippen molar-refractivity contribution in [2.45, 2.75) is 37.4 Å². The summed E-state index contributed by atoms with van der Waals surface area (Å²) in [6.45, 7) is -1.91. The van der Waals surface area contributed by atoms with Crippen molar-refractivity contribution < 1.29 is 53.7 Å². The minimum Gasteiger partial charge on any atom is -0.508 e. The molecule has 11 N–H and O–H groups in total. The van der Waals surface area contributed by atoms with Gasteiger partial charge in [0, 0.05) is 12.8 Å². The summed E-state index contributed by atoms with van der Waals surface area (Å²) in [5.74, 6) is -7.96. The van der Waals surface area contributed by atoms with Gasteiger partial charge in [0.25, 0.3) is 0 Å². The summed E-state index contributed by atoms with van der Waals surface area (Å²) in [6.07, 6.45) is -1.26. The number of amides is 6. The molecule has 0 aromatic heterocycles. The Kier molecular flexibility index (Phi) is 15.5. The Bertz CT molecular complexity index is 1470. The van der Waals surface area contributed by atoms with Gasteiger partial charge in [0.15, 0.2) is 0 Å². The zero-order valence-electron chi connectivity index (χ0n) is 25.6. The van der Waals surface area contributed by atoms with Gasteiger partial charge in [0.2, 0.25) is 35.4 Å². The molecule has 0 spiro atoms. The number of aliphatic carboxylic acids is 2. The van der Waals surface area contributed by atoms with Gasteiger partial charge in [-0.3, -0.25) is 33.6 Å². The fraction of sp³-hybridized carbons (Fsp3) is 0.333. The predicted molar refractivity (Wildman–Crippen MR) is 166 cm³/mol. The molecule has 3 atom stereocenters. The zero-order chi connectivity index (χ0) is 35.6. The molecule has 0 saturated heterocycles. The van der Waals surface area contributed by atoms with Crippen molar-refractivity contribution in [2.24, 2.45) is 5.73 Å². The van der Waals surface area contributed by atoms with E-state index >= 15 is 0 Å². The fourth-order valence-corrected chi connectivity index (χ4v) is 4.03. The number of hydrogen-bond donors (Lipinski definition) is 10. The molecule has 0 bridgehead atoms. The Morgan fingerprint density at radius 2 is 1.06 bits per heavy atom. The molecule has 0 unspecified atom stereocenters. The molecule has 0 aliphatic rings. The number of aromatic hydroxyl groups is 1. The molecule has 0 heterocycles. The largest absolute Gasteiger partial charge is 0.508 e. The highest BCUT2D eigenvalue weighted by atomic mass is 16.4. The van der Waals surface area contributed by atoms with E-state index in [0.29, 0.717) is 11.1 Å².